The summed E-state index contributed by atoms with van der Waals surface area (Å²) >= 11 is 2.18. The fraction of sp³-hybridized carbons (Fsp3) is 0.385. The van der Waals surface area contributed by atoms with Crippen molar-refractivity contribution in [3.63, 3.8) is 0 Å². The van der Waals surface area contributed by atoms with Crippen LogP contribution in [0.3, 0.4) is 0 Å². The van der Waals surface area contributed by atoms with Gasteiger partial charge in [0.2, 0.25) is 14.8 Å². The fourth-order valence-electron chi connectivity index (χ4n) is 2.38. The number of hydrogen-bond donors (Lipinski definition) is 0. The third-order valence-electron chi connectivity index (χ3n) is 3.47. The Balaban J connectivity index is 0.000000396. The summed E-state index contributed by atoms with van der Waals surface area (Å²) < 4.78 is 65.7. The second-order valence-corrected chi connectivity index (χ2v) is 8.01. The molecule has 1 aliphatic carbocycles. The number of fused-ring (bicyclic) bond motifs is 1. The van der Waals surface area contributed by atoms with Crippen molar-refractivity contribution < 1.29 is 40.6 Å². The van der Waals surface area contributed by atoms with E-state index in [9.17, 15) is 13.2 Å². The van der Waals surface area contributed by atoms with Crippen molar-refractivity contribution in [3.8, 4) is 0 Å². The summed E-state index contributed by atoms with van der Waals surface area (Å²) in [4.78, 5) is 0.561. The first-order valence-corrected chi connectivity index (χ1v) is 9.80. The Morgan fingerprint density at radius 1 is 1.14 bits per heavy atom. The molecular weight excluding hydrogens is 409 g/mol. The van der Waals surface area contributed by atoms with Crippen LogP contribution in [0.4, 0.5) is 13.2 Å². The maximum Gasteiger partial charge on any atom is 0.600 e. The van der Waals surface area contributed by atoms with E-state index in [-0.39, 0.29) is 5.92 Å². The second-order valence-electron chi connectivity index (χ2n) is 4.80. The second kappa shape index (κ2) is 7.02. The van der Waals surface area contributed by atoms with Gasteiger partial charge in [0.25, 0.3) is 0 Å². The molecule has 0 N–H and O–H groups in total. The molecule has 22 heavy (non-hydrogen) atoms. The third kappa shape index (κ3) is 4.12. The normalized spacial score (nSPS) is 16.5. The van der Waals surface area contributed by atoms with Crippen LogP contribution in [-0.2, 0) is 5.51 Å². The SMILES string of the molecule is FC(F)(F)[s+]1c(C2CCC2)cc2ccc(Cl)cc21.[O-][Br+2]([O-])[O-]. The molecule has 0 bridgehead atoms. The highest BCUT2D eigenvalue weighted by Gasteiger charge is 2.50. The summed E-state index contributed by atoms with van der Waals surface area (Å²) in [5.74, 6) is 0.112. The van der Waals surface area contributed by atoms with E-state index in [0.717, 1.165) is 19.3 Å². The van der Waals surface area contributed by atoms with E-state index in [1.54, 1.807) is 18.2 Å². The molecule has 1 unspecified atom stereocenters. The number of alkyl halides is 3. The molecule has 122 valence electrons. The van der Waals surface area contributed by atoms with E-state index < -0.39 is 30.8 Å². The van der Waals surface area contributed by atoms with Gasteiger partial charge in [-0.2, -0.15) is 0 Å². The van der Waals surface area contributed by atoms with Crippen LogP contribution in [-0.4, -0.2) is 0 Å². The average Bonchev–Trinajstić information content (AvgIpc) is 2.63. The monoisotopic (exact) mass is 418 g/mol. The highest BCUT2D eigenvalue weighted by atomic mass is 80.0. The lowest BCUT2D eigenvalue weighted by Crippen LogP contribution is -2.42. The zero-order valence-electron chi connectivity index (χ0n) is 11.0. The number of benzene rings is 1. The molecular formula is C13H11BrClF3O3S. The van der Waals surface area contributed by atoms with Crippen LogP contribution < -0.4 is 12.6 Å². The standard InChI is InChI=1S/C13H11ClF3S.BrO3/c14-10-5-4-9-6-11(8-2-1-3-8)18(12(9)7-10)13(15,16)17;2-1(3)4/h4-8H,1-3H2;/q+1;-1. The Hall–Kier alpha value is -0.380. The molecule has 1 atom stereocenters. The summed E-state index contributed by atoms with van der Waals surface area (Å²) in [6.07, 6.45) is 2.80. The molecule has 1 aromatic carbocycles. The molecule has 0 spiro atoms. The van der Waals surface area contributed by atoms with Gasteiger partial charge >= 0.3 is 5.51 Å². The Kier molecular flexibility index (Phi) is 5.73. The third-order valence-corrected chi connectivity index (χ3v) is 5.88. The maximum atomic E-state index is 13.3. The zero-order valence-corrected chi connectivity index (χ0v) is 14.2. The first-order valence-electron chi connectivity index (χ1n) is 6.25. The summed E-state index contributed by atoms with van der Waals surface area (Å²) in [6, 6.07) is 6.54. The van der Waals surface area contributed by atoms with Crippen LogP contribution in [0, 0.1) is 14.8 Å². The Bertz CT molecular complexity index is 653. The van der Waals surface area contributed by atoms with E-state index in [1.807, 2.05) is 0 Å². The van der Waals surface area contributed by atoms with Gasteiger partial charge < -0.3 is 12.6 Å². The quantitative estimate of drug-likeness (QED) is 0.667. The van der Waals surface area contributed by atoms with E-state index in [4.69, 9.17) is 24.2 Å². The number of thiophene rings is 1. The van der Waals surface area contributed by atoms with Crippen molar-refractivity contribution >= 4 is 32.2 Å². The summed E-state index contributed by atoms with van der Waals surface area (Å²) in [6.45, 7) is 0. The van der Waals surface area contributed by atoms with Gasteiger partial charge in [0.1, 0.15) is 0 Å². The molecule has 3 rings (SSSR count). The first-order chi connectivity index (χ1) is 10.2. The molecule has 9 heteroatoms. The van der Waals surface area contributed by atoms with Gasteiger partial charge in [0, 0.05) is 28.5 Å². The molecule has 1 fully saturated rings. The highest BCUT2D eigenvalue weighted by Crippen LogP contribution is 2.56. The molecule has 1 aliphatic rings. The molecule has 1 saturated carbocycles. The van der Waals surface area contributed by atoms with Gasteiger partial charge in [-0.05, 0) is 25.0 Å². The van der Waals surface area contributed by atoms with Crippen molar-refractivity contribution in [3.05, 3.63) is 34.2 Å². The van der Waals surface area contributed by atoms with Crippen molar-refractivity contribution in [2.45, 2.75) is 30.7 Å². The summed E-state index contributed by atoms with van der Waals surface area (Å²) in [5, 5.41) is 1.06. The number of hydrogen-bond acceptors (Lipinski definition) is 3. The maximum absolute atomic E-state index is 13.3. The minimum absolute atomic E-state index is 0.112. The van der Waals surface area contributed by atoms with Gasteiger partial charge in [-0.25, -0.2) is 0 Å². The van der Waals surface area contributed by atoms with E-state index >= 15 is 0 Å². The molecule has 1 aromatic heterocycles. The smallest absolute Gasteiger partial charge is 0.405 e. The molecule has 0 saturated heterocycles. The topological polar surface area (TPSA) is 69.2 Å². The van der Waals surface area contributed by atoms with Crippen LogP contribution in [0.1, 0.15) is 30.1 Å². The van der Waals surface area contributed by atoms with Crippen molar-refractivity contribution in [2.75, 3.05) is 0 Å². The molecule has 0 aliphatic heterocycles. The van der Waals surface area contributed by atoms with Crippen LogP contribution in [0.25, 0.3) is 10.1 Å². The zero-order chi connectivity index (χ0) is 16.5. The Morgan fingerprint density at radius 2 is 1.73 bits per heavy atom. The van der Waals surface area contributed by atoms with Crippen molar-refractivity contribution in [2.24, 2.45) is 0 Å². The van der Waals surface area contributed by atoms with E-state index in [2.05, 4.69) is 0 Å². The minimum Gasteiger partial charge on any atom is -0.405 e. The molecule has 0 radical (unpaired) electrons. The predicted octanol–water partition coefficient (Wildman–Crippen LogP) is 2.42. The Labute approximate surface area is 137 Å². The van der Waals surface area contributed by atoms with Gasteiger partial charge in [0.05, 0.1) is 10.5 Å². The highest BCUT2D eigenvalue weighted by molar-refractivity contribution is 7.38. The van der Waals surface area contributed by atoms with Gasteiger partial charge in [-0.3, -0.25) is 0 Å². The minimum atomic E-state index is -4.20. The van der Waals surface area contributed by atoms with Crippen LogP contribution in [0.2, 0.25) is 5.02 Å². The van der Waals surface area contributed by atoms with Gasteiger partial charge in [-0.15, -0.1) is 13.2 Å². The van der Waals surface area contributed by atoms with E-state index in [0.29, 0.717) is 20.0 Å². The van der Waals surface area contributed by atoms with Crippen LogP contribution in [0.15, 0.2) is 24.3 Å². The Morgan fingerprint density at radius 3 is 2.18 bits per heavy atom. The lowest BCUT2D eigenvalue weighted by atomic mass is 9.84. The van der Waals surface area contributed by atoms with E-state index in [1.165, 1.54) is 6.07 Å². The van der Waals surface area contributed by atoms with Crippen molar-refractivity contribution in [1.29, 1.82) is 0 Å². The number of rotatable bonds is 1. The lowest BCUT2D eigenvalue weighted by Gasteiger charge is -2.21. The van der Waals surface area contributed by atoms with Gasteiger partial charge in [0.15, 0.2) is 9.58 Å². The van der Waals surface area contributed by atoms with Crippen molar-refractivity contribution in [1.82, 2.24) is 0 Å². The van der Waals surface area contributed by atoms with Crippen LogP contribution in [0.5, 0.6) is 0 Å². The molecule has 1 heterocycles. The lowest BCUT2D eigenvalue weighted by molar-refractivity contribution is -1.73. The molecule has 3 nitrogen and oxygen atoms in total. The molecule has 2 aromatic rings. The predicted molar refractivity (Wildman–Crippen MR) is 69.3 cm³/mol. The van der Waals surface area contributed by atoms with Crippen LogP contribution >= 0.6 is 22.1 Å². The summed E-state index contributed by atoms with van der Waals surface area (Å²) in [5.41, 5.74) is -4.20. The molecule has 0 amide bonds. The number of halogens is 5. The van der Waals surface area contributed by atoms with Gasteiger partial charge in [-0.1, -0.05) is 18.0 Å². The average molecular weight is 420 g/mol. The summed E-state index contributed by atoms with van der Waals surface area (Å²) in [7, 11) is -1.77. The largest absolute Gasteiger partial charge is 0.600 e. The fourth-order valence-corrected chi connectivity index (χ4v) is 4.81. The first kappa shape index (κ1) is 18.0.